The van der Waals surface area contributed by atoms with Crippen molar-refractivity contribution in [1.82, 2.24) is 19.2 Å². The minimum absolute atomic E-state index is 0. The molecule has 0 fully saturated rings. The van der Waals surface area contributed by atoms with E-state index >= 15 is 0 Å². The molecule has 11 aromatic rings. The van der Waals surface area contributed by atoms with Crippen molar-refractivity contribution >= 4 is 21.8 Å². The third kappa shape index (κ3) is 13.3. The summed E-state index contributed by atoms with van der Waals surface area (Å²) in [6.07, 6.45) is 5.81. The van der Waals surface area contributed by atoms with Gasteiger partial charge in [0.2, 0.25) is 0 Å². The molecule has 0 spiro atoms. The summed E-state index contributed by atoms with van der Waals surface area (Å²) in [6, 6.07) is 67.6. The third-order valence-corrected chi connectivity index (χ3v) is 17.5. The number of nitrogens with zero attached hydrogens (tertiary/aromatic N) is 5. The Hall–Kier alpha value is -7.66. The number of fused-ring (bicyclic) bond motifs is 3. The van der Waals surface area contributed by atoms with E-state index in [1.165, 1.54) is 38.9 Å². The average molecular weight is 1370 g/mol. The van der Waals surface area contributed by atoms with Crippen LogP contribution >= 0.6 is 0 Å². The Bertz CT molecular complexity index is 4300. The van der Waals surface area contributed by atoms with E-state index in [-0.39, 0.29) is 59.0 Å². The predicted octanol–water partition coefficient (Wildman–Crippen LogP) is 21.6. The molecule has 0 saturated carbocycles. The molecule has 3 aromatic heterocycles. The van der Waals surface area contributed by atoms with Crippen LogP contribution in [0.3, 0.4) is 0 Å². The molecular formula is C83H91N5OPt-2. The topological polar surface area (TPSA) is 48.8 Å². The van der Waals surface area contributed by atoms with Gasteiger partial charge in [0.25, 0.3) is 6.33 Å². The Morgan fingerprint density at radius 1 is 0.411 bits per heavy atom. The van der Waals surface area contributed by atoms with Gasteiger partial charge in [0.05, 0.1) is 5.69 Å². The number of aromatic nitrogens is 5. The normalized spacial score (nSPS) is 12.9. The van der Waals surface area contributed by atoms with Crippen molar-refractivity contribution < 1.29 is 30.5 Å². The van der Waals surface area contributed by atoms with Gasteiger partial charge in [-0.15, -0.1) is 34.9 Å². The smallest absolute Gasteiger partial charge is 0.272 e. The van der Waals surface area contributed by atoms with Crippen LogP contribution in [0.25, 0.3) is 83.8 Å². The maximum Gasteiger partial charge on any atom is 0.272 e. The maximum atomic E-state index is 7.19. The minimum atomic E-state index is -0.144. The number of pyridine rings is 1. The van der Waals surface area contributed by atoms with E-state index in [2.05, 4.69) is 325 Å². The van der Waals surface area contributed by atoms with Crippen molar-refractivity contribution in [3.05, 3.63) is 227 Å². The van der Waals surface area contributed by atoms with Crippen LogP contribution < -0.4 is 9.42 Å². The first kappa shape index (κ1) is 65.3. The molecule has 0 N–H and O–H groups in total. The Morgan fingerprint density at radius 2 is 0.889 bits per heavy atom. The molecule has 8 aromatic carbocycles. The van der Waals surface area contributed by atoms with Crippen molar-refractivity contribution in [3.63, 3.8) is 0 Å². The predicted molar refractivity (Wildman–Crippen MR) is 373 cm³/mol. The summed E-state index contributed by atoms with van der Waals surface area (Å²) in [7, 11) is 0. The van der Waals surface area contributed by atoms with Gasteiger partial charge in [0.1, 0.15) is 5.82 Å². The molecule has 11 rings (SSSR count). The number of para-hydroxylation sites is 1. The zero-order valence-corrected chi connectivity index (χ0v) is 59.4. The molecule has 0 saturated heterocycles. The molecule has 0 aliphatic carbocycles. The van der Waals surface area contributed by atoms with Gasteiger partial charge in [-0.2, -0.15) is 16.8 Å². The van der Waals surface area contributed by atoms with Crippen molar-refractivity contribution in [2.75, 3.05) is 0 Å². The van der Waals surface area contributed by atoms with Crippen molar-refractivity contribution in [2.45, 2.75) is 183 Å². The van der Waals surface area contributed by atoms with Crippen LogP contribution in [-0.4, -0.2) is 19.2 Å². The Kier molecular flexibility index (Phi) is 17.1. The summed E-state index contributed by atoms with van der Waals surface area (Å²) < 4.78 is 13.5. The van der Waals surface area contributed by atoms with E-state index in [1.807, 2.05) is 23.0 Å². The van der Waals surface area contributed by atoms with Crippen molar-refractivity contribution in [2.24, 2.45) is 0 Å². The summed E-state index contributed by atoms with van der Waals surface area (Å²) >= 11 is 0. The molecule has 0 radical (unpaired) electrons. The van der Waals surface area contributed by atoms with E-state index in [0.29, 0.717) is 23.0 Å². The molecule has 3 heterocycles. The Labute approximate surface area is 552 Å². The van der Waals surface area contributed by atoms with Crippen LogP contribution in [-0.2, 0) is 59.0 Å². The summed E-state index contributed by atoms with van der Waals surface area (Å²) in [4.78, 5) is 5.04. The second-order valence-electron chi connectivity index (χ2n) is 31.9. The van der Waals surface area contributed by atoms with Gasteiger partial charge < -0.3 is 13.9 Å². The van der Waals surface area contributed by atoms with Gasteiger partial charge in [0, 0.05) is 49.8 Å². The summed E-state index contributed by atoms with van der Waals surface area (Å²) in [6.45, 7) is 48.2. The molecule has 0 aliphatic heterocycles. The van der Waals surface area contributed by atoms with Crippen molar-refractivity contribution in [1.29, 1.82) is 0 Å². The average Bonchev–Trinajstić information content (AvgIpc) is 1.59. The van der Waals surface area contributed by atoms with Crippen LogP contribution in [0.5, 0.6) is 11.5 Å². The number of hydrogen-bond donors (Lipinski definition) is 0. The van der Waals surface area contributed by atoms with Crippen LogP contribution in [0.15, 0.2) is 170 Å². The molecular weight excluding hydrogens is 1280 g/mol. The number of hydrogen-bond acceptors (Lipinski definition) is 3. The molecule has 0 aliphatic rings. The summed E-state index contributed by atoms with van der Waals surface area (Å²) in [5, 5.41) is 8.04. The van der Waals surface area contributed by atoms with E-state index in [4.69, 9.17) is 14.8 Å². The molecule has 90 heavy (non-hydrogen) atoms. The zero-order chi connectivity index (χ0) is 64.1. The van der Waals surface area contributed by atoms with E-state index < -0.39 is 0 Å². The van der Waals surface area contributed by atoms with E-state index in [0.717, 1.165) is 72.3 Å². The van der Waals surface area contributed by atoms with E-state index in [1.54, 1.807) is 0 Å². The first-order chi connectivity index (χ1) is 41.5. The van der Waals surface area contributed by atoms with Crippen LogP contribution in [0, 0.1) is 18.5 Å². The Balaban J connectivity index is 0.00000891. The number of benzene rings is 8. The van der Waals surface area contributed by atoms with Gasteiger partial charge in [-0.1, -0.05) is 283 Å². The summed E-state index contributed by atoms with van der Waals surface area (Å²) in [5.41, 5.74) is 18.9. The zero-order valence-electron chi connectivity index (χ0n) is 57.1. The van der Waals surface area contributed by atoms with Crippen LogP contribution in [0.1, 0.15) is 184 Å². The van der Waals surface area contributed by atoms with E-state index in [9.17, 15) is 0 Å². The molecule has 0 unspecified atom stereocenters. The fourth-order valence-corrected chi connectivity index (χ4v) is 11.8. The third-order valence-electron chi connectivity index (χ3n) is 17.5. The quantitative estimate of drug-likeness (QED) is 0.107. The van der Waals surface area contributed by atoms with Gasteiger partial charge in [-0.3, -0.25) is 0 Å². The van der Waals surface area contributed by atoms with Crippen molar-refractivity contribution in [3.8, 4) is 73.5 Å². The fraction of sp³-hybridized carbons (Fsp3) is 0.337. The van der Waals surface area contributed by atoms with Gasteiger partial charge >= 0.3 is 0 Å². The second kappa shape index (κ2) is 23.5. The number of ether oxygens (including phenoxy) is 1. The maximum absolute atomic E-state index is 7.19. The van der Waals surface area contributed by atoms with Crippen LogP contribution in [0.4, 0.5) is 0 Å². The fourth-order valence-electron chi connectivity index (χ4n) is 11.8. The standard InChI is InChI=1S/C83H91N5O.Pt/c1-77(2,3)56-37-38-84-73(48-56)88-71-36-26-25-33-69(71)74-70(53-29-23-22-24-30-53)50-66(51-72(74)88)89-65-32-27-31-63(49-65)86-52-87(64-46-61(82(16,17)18)45-62(47-64)83(19,20)21)85-76(86)75-67(54-39-57(78(4,5)6)43-58(40-54)79(7,8)9)34-28-35-68(75)55-41-59(80(10,11)12)44-60(42-55)81(13,14)15;/h22-48,50H,1-21H3;/q-2;. The number of rotatable bonds is 9. The monoisotopic (exact) mass is 1370 g/mol. The minimum Gasteiger partial charge on any atom is -0.510 e. The first-order valence-electron chi connectivity index (χ1n) is 31.8. The summed E-state index contributed by atoms with van der Waals surface area (Å²) in [5.74, 6) is 2.61. The molecule has 466 valence electrons. The van der Waals surface area contributed by atoms with Gasteiger partial charge in [-0.05, 0) is 128 Å². The second-order valence-corrected chi connectivity index (χ2v) is 31.9. The van der Waals surface area contributed by atoms with Gasteiger partial charge in [-0.25, -0.2) is 4.98 Å². The van der Waals surface area contributed by atoms with Crippen LogP contribution in [0.2, 0.25) is 0 Å². The largest absolute Gasteiger partial charge is 0.510 e. The molecule has 0 amide bonds. The SMILES string of the molecule is CC(C)(C)c1cc(-c2cccc(-c3cc(C(C)(C)C)cc(C(C)(C)C)c3)c2-c2n[n+](-c3cc(C(C)(C)C)cc(C(C)(C)C)c3)[c-]n2-c2[c-]c(Oc3[c-]c4c(c(-c5ccccc5)c3)c3ccccc3n4-c3cc(C(C)(C)C)ccn3)ccc2)cc(C(C)(C)C)c1.[Pt]. The molecule has 7 heteroatoms. The molecule has 6 nitrogen and oxygen atoms in total. The Morgan fingerprint density at radius 3 is 1.40 bits per heavy atom. The first-order valence-corrected chi connectivity index (χ1v) is 31.8. The molecule has 0 bridgehead atoms. The van der Waals surface area contributed by atoms with Gasteiger partial charge in [0.15, 0.2) is 5.82 Å². The molecule has 0 atom stereocenters.